The van der Waals surface area contributed by atoms with Crippen LogP contribution in [0.2, 0.25) is 0 Å². The molecule has 0 spiro atoms. The SMILES string of the molecule is CCNC(=NCCCS(=O)(=O)c1ccccc1)NCCC(=O)N(CC)CC. The normalized spacial score (nSPS) is 11.9. The zero-order chi connectivity index (χ0) is 20.1. The lowest BCUT2D eigenvalue weighted by Crippen LogP contribution is -2.40. The highest BCUT2D eigenvalue weighted by Crippen LogP contribution is 2.10. The number of benzene rings is 1. The first-order valence-electron chi connectivity index (χ1n) is 9.52. The number of amides is 1. The number of sulfone groups is 1. The number of hydrogen-bond acceptors (Lipinski definition) is 4. The van der Waals surface area contributed by atoms with E-state index in [0.29, 0.717) is 56.4 Å². The Labute approximate surface area is 163 Å². The Morgan fingerprint density at radius 3 is 2.33 bits per heavy atom. The van der Waals surface area contributed by atoms with Crippen LogP contribution in [0, 0.1) is 0 Å². The minimum absolute atomic E-state index is 0.0559. The van der Waals surface area contributed by atoms with Gasteiger partial charge in [0.25, 0.3) is 0 Å². The molecule has 0 fully saturated rings. The van der Waals surface area contributed by atoms with Crippen molar-refractivity contribution in [2.75, 3.05) is 38.5 Å². The fraction of sp³-hybridized carbons (Fsp3) is 0.579. The second kappa shape index (κ2) is 12.3. The lowest BCUT2D eigenvalue weighted by molar-refractivity contribution is -0.130. The largest absolute Gasteiger partial charge is 0.357 e. The average molecular weight is 397 g/mol. The predicted octanol–water partition coefficient (Wildman–Crippen LogP) is 1.66. The van der Waals surface area contributed by atoms with Crippen molar-refractivity contribution in [1.82, 2.24) is 15.5 Å². The molecule has 1 aromatic rings. The van der Waals surface area contributed by atoms with Gasteiger partial charge in [0.05, 0.1) is 10.6 Å². The maximum atomic E-state index is 12.2. The summed E-state index contributed by atoms with van der Waals surface area (Å²) < 4.78 is 24.5. The maximum Gasteiger partial charge on any atom is 0.224 e. The number of aliphatic imine (C=N–C) groups is 1. The third-order valence-corrected chi connectivity index (χ3v) is 5.85. The van der Waals surface area contributed by atoms with E-state index in [1.165, 1.54) is 0 Å². The minimum Gasteiger partial charge on any atom is -0.357 e. The zero-order valence-corrected chi connectivity index (χ0v) is 17.4. The second-order valence-electron chi connectivity index (χ2n) is 5.99. The van der Waals surface area contributed by atoms with Crippen LogP contribution in [0.3, 0.4) is 0 Å². The molecule has 1 rings (SSSR count). The standard InChI is InChI=1S/C19H32N4O3S/c1-4-20-19(22-15-13-18(24)23(5-2)6-3)21-14-10-16-27(25,26)17-11-8-7-9-12-17/h7-9,11-12H,4-6,10,13-16H2,1-3H3,(H2,20,21,22). The van der Waals surface area contributed by atoms with E-state index in [2.05, 4.69) is 15.6 Å². The predicted molar refractivity (Wildman–Crippen MR) is 110 cm³/mol. The molecule has 1 aromatic carbocycles. The molecule has 8 heteroatoms. The molecular formula is C19H32N4O3S. The van der Waals surface area contributed by atoms with Gasteiger partial charge in [-0.25, -0.2) is 8.42 Å². The van der Waals surface area contributed by atoms with Crippen LogP contribution in [0.1, 0.15) is 33.6 Å². The van der Waals surface area contributed by atoms with Gasteiger partial charge in [-0.2, -0.15) is 0 Å². The zero-order valence-electron chi connectivity index (χ0n) is 16.6. The Kier molecular flexibility index (Phi) is 10.5. The Morgan fingerprint density at radius 1 is 1.07 bits per heavy atom. The lowest BCUT2D eigenvalue weighted by Gasteiger charge is -2.19. The molecular weight excluding hydrogens is 364 g/mol. The molecule has 27 heavy (non-hydrogen) atoms. The number of guanidine groups is 1. The fourth-order valence-electron chi connectivity index (χ4n) is 2.56. The van der Waals surface area contributed by atoms with E-state index in [0.717, 1.165) is 0 Å². The topological polar surface area (TPSA) is 90.9 Å². The number of carbonyl (C=O) groups is 1. The molecule has 0 saturated heterocycles. The van der Waals surface area contributed by atoms with E-state index < -0.39 is 9.84 Å². The third-order valence-electron chi connectivity index (χ3n) is 4.04. The van der Waals surface area contributed by atoms with Crippen LogP contribution in [0.4, 0.5) is 0 Å². The Hall–Kier alpha value is -2.09. The van der Waals surface area contributed by atoms with Crippen molar-refractivity contribution in [1.29, 1.82) is 0 Å². The molecule has 0 radical (unpaired) electrons. The number of nitrogens with one attached hydrogen (secondary N) is 2. The van der Waals surface area contributed by atoms with E-state index in [9.17, 15) is 13.2 Å². The first-order chi connectivity index (χ1) is 12.9. The monoisotopic (exact) mass is 396 g/mol. The quantitative estimate of drug-likeness (QED) is 0.337. The van der Waals surface area contributed by atoms with Crippen LogP contribution in [0.25, 0.3) is 0 Å². The van der Waals surface area contributed by atoms with Gasteiger partial charge in [-0.3, -0.25) is 9.79 Å². The summed E-state index contributed by atoms with van der Waals surface area (Å²) in [7, 11) is -3.27. The van der Waals surface area contributed by atoms with Crippen LogP contribution in [0.15, 0.2) is 40.2 Å². The second-order valence-corrected chi connectivity index (χ2v) is 8.10. The van der Waals surface area contributed by atoms with Crippen molar-refractivity contribution in [3.05, 3.63) is 30.3 Å². The summed E-state index contributed by atoms with van der Waals surface area (Å²) in [5.41, 5.74) is 0. The Bertz CT molecular complexity index is 686. The molecule has 0 aliphatic heterocycles. The van der Waals surface area contributed by atoms with Crippen LogP contribution in [-0.4, -0.2) is 63.7 Å². The van der Waals surface area contributed by atoms with Gasteiger partial charge in [0, 0.05) is 39.1 Å². The lowest BCUT2D eigenvalue weighted by atomic mass is 10.3. The van der Waals surface area contributed by atoms with Crippen molar-refractivity contribution < 1.29 is 13.2 Å². The summed E-state index contributed by atoms with van der Waals surface area (Å²) in [4.78, 5) is 18.5. The summed E-state index contributed by atoms with van der Waals surface area (Å²) in [6.07, 6.45) is 0.834. The van der Waals surface area contributed by atoms with Crippen LogP contribution < -0.4 is 10.6 Å². The van der Waals surface area contributed by atoms with Gasteiger partial charge in [-0.15, -0.1) is 0 Å². The summed E-state index contributed by atoms with van der Waals surface area (Å²) in [6, 6.07) is 8.45. The molecule has 0 unspecified atom stereocenters. The molecule has 2 N–H and O–H groups in total. The third kappa shape index (κ3) is 8.43. The molecule has 7 nitrogen and oxygen atoms in total. The molecule has 0 heterocycles. The highest BCUT2D eigenvalue weighted by molar-refractivity contribution is 7.91. The summed E-state index contributed by atoms with van der Waals surface area (Å²) in [5, 5.41) is 6.23. The first-order valence-corrected chi connectivity index (χ1v) is 11.2. The Balaban J connectivity index is 2.46. The Morgan fingerprint density at radius 2 is 1.74 bits per heavy atom. The maximum absolute atomic E-state index is 12.2. The van der Waals surface area contributed by atoms with Gasteiger partial charge in [-0.1, -0.05) is 18.2 Å². The van der Waals surface area contributed by atoms with Crippen LogP contribution in [-0.2, 0) is 14.6 Å². The van der Waals surface area contributed by atoms with E-state index in [-0.39, 0.29) is 11.7 Å². The van der Waals surface area contributed by atoms with Crippen molar-refractivity contribution in [2.45, 2.75) is 38.5 Å². The highest BCUT2D eigenvalue weighted by Gasteiger charge is 2.13. The van der Waals surface area contributed by atoms with Gasteiger partial charge in [-0.05, 0) is 39.3 Å². The molecule has 0 aliphatic carbocycles. The van der Waals surface area contributed by atoms with Gasteiger partial charge < -0.3 is 15.5 Å². The highest BCUT2D eigenvalue weighted by atomic mass is 32.2. The molecule has 1 amide bonds. The molecule has 152 valence electrons. The van der Waals surface area contributed by atoms with Gasteiger partial charge in [0.15, 0.2) is 15.8 Å². The van der Waals surface area contributed by atoms with Crippen molar-refractivity contribution >= 4 is 21.7 Å². The molecule has 0 aromatic heterocycles. The number of rotatable bonds is 11. The van der Waals surface area contributed by atoms with Crippen molar-refractivity contribution in [2.24, 2.45) is 4.99 Å². The van der Waals surface area contributed by atoms with Crippen LogP contribution in [0.5, 0.6) is 0 Å². The van der Waals surface area contributed by atoms with Crippen molar-refractivity contribution in [3.63, 3.8) is 0 Å². The summed E-state index contributed by atoms with van der Waals surface area (Å²) in [6.45, 7) is 8.87. The van der Waals surface area contributed by atoms with Gasteiger partial charge >= 0.3 is 0 Å². The molecule has 0 saturated carbocycles. The molecule has 0 bridgehead atoms. The number of nitrogens with zero attached hydrogens (tertiary/aromatic N) is 2. The summed E-state index contributed by atoms with van der Waals surface area (Å²) >= 11 is 0. The first kappa shape index (κ1) is 23.0. The van der Waals surface area contributed by atoms with Crippen LogP contribution >= 0.6 is 0 Å². The van der Waals surface area contributed by atoms with Crippen molar-refractivity contribution in [3.8, 4) is 0 Å². The van der Waals surface area contributed by atoms with Gasteiger partial charge in [0.1, 0.15) is 0 Å². The summed E-state index contributed by atoms with van der Waals surface area (Å²) in [5.74, 6) is 0.764. The smallest absolute Gasteiger partial charge is 0.224 e. The van der Waals surface area contributed by atoms with E-state index in [1.54, 1.807) is 35.2 Å². The van der Waals surface area contributed by atoms with Gasteiger partial charge in [0.2, 0.25) is 5.91 Å². The van der Waals surface area contributed by atoms with E-state index in [1.807, 2.05) is 20.8 Å². The number of carbonyl (C=O) groups excluding carboxylic acids is 1. The average Bonchev–Trinajstić information content (AvgIpc) is 2.67. The fourth-order valence-corrected chi connectivity index (χ4v) is 3.87. The number of hydrogen-bond donors (Lipinski definition) is 2. The van der Waals surface area contributed by atoms with E-state index in [4.69, 9.17) is 0 Å². The molecule has 0 atom stereocenters. The van der Waals surface area contributed by atoms with E-state index >= 15 is 0 Å². The minimum atomic E-state index is -3.27. The molecule has 0 aliphatic rings.